The van der Waals surface area contributed by atoms with Crippen molar-refractivity contribution in [2.24, 2.45) is 0 Å². The Morgan fingerprint density at radius 1 is 0.550 bits per heavy atom. The van der Waals surface area contributed by atoms with Crippen LogP contribution < -0.4 is 0 Å². The predicted octanol–water partition coefficient (Wildman–Crippen LogP) is 7.49. The summed E-state index contributed by atoms with van der Waals surface area (Å²) in [4.78, 5) is 0. The minimum atomic E-state index is 1.11. The first-order valence-electron chi connectivity index (χ1n) is 9.32. The lowest BCUT2D eigenvalue weighted by Gasteiger charge is -2.03. The van der Waals surface area contributed by atoms with Gasteiger partial charge < -0.3 is 6.92 Å². The van der Waals surface area contributed by atoms with E-state index in [0.29, 0.717) is 0 Å². The third kappa shape index (κ3) is 17.9. The second-order valence-corrected chi connectivity index (χ2v) is 6.17. The molecule has 0 amide bonds. The molecule has 0 aromatic rings. The van der Waals surface area contributed by atoms with Gasteiger partial charge in [-0.2, -0.15) is 6.42 Å². The minimum absolute atomic E-state index is 1.11. The van der Waals surface area contributed by atoms with Gasteiger partial charge in [-0.3, -0.25) is 0 Å². The Morgan fingerprint density at radius 3 is 1.40 bits per heavy atom. The molecule has 0 spiro atoms. The molecule has 0 bridgehead atoms. The van der Waals surface area contributed by atoms with Crippen LogP contribution >= 0.6 is 0 Å². The second-order valence-electron chi connectivity index (χ2n) is 6.17. The fourth-order valence-corrected chi connectivity index (χ4v) is 2.67. The highest BCUT2D eigenvalue weighted by atomic mass is 14.0. The molecule has 0 atom stereocenters. The molecule has 0 aromatic heterocycles. The molecule has 0 fully saturated rings. The van der Waals surface area contributed by atoms with Gasteiger partial charge in [-0.25, -0.2) is 0 Å². The molecule has 0 aliphatic rings. The third-order valence-electron chi connectivity index (χ3n) is 4.07. The molecule has 0 aliphatic heterocycles. The summed E-state index contributed by atoms with van der Waals surface area (Å²) in [6, 6.07) is 0. The first-order chi connectivity index (χ1) is 9.91. The SMILES string of the molecule is [CH2+]CCCCCCCCCC[CH]CCCCCCC[CH2-]. The van der Waals surface area contributed by atoms with Crippen molar-refractivity contribution in [1.82, 2.24) is 0 Å². The van der Waals surface area contributed by atoms with E-state index in [9.17, 15) is 0 Å². The molecular weight excluding hydrogens is 240 g/mol. The molecule has 0 nitrogen and oxygen atoms in total. The van der Waals surface area contributed by atoms with Crippen molar-refractivity contribution in [2.45, 2.75) is 109 Å². The molecule has 0 aliphatic carbocycles. The average molecular weight is 280 g/mol. The smallest absolute Gasteiger partial charge is 0.0850 e. The molecule has 0 N–H and O–H groups in total. The van der Waals surface area contributed by atoms with Crippen LogP contribution in [-0.2, 0) is 0 Å². The molecule has 0 saturated heterocycles. The van der Waals surface area contributed by atoms with Crippen molar-refractivity contribution in [3.05, 3.63) is 20.3 Å². The Bertz CT molecular complexity index is 132. The maximum atomic E-state index is 3.89. The van der Waals surface area contributed by atoms with Gasteiger partial charge in [0.1, 0.15) is 0 Å². The van der Waals surface area contributed by atoms with Crippen LogP contribution in [0.4, 0.5) is 0 Å². The molecule has 119 valence electrons. The predicted molar refractivity (Wildman–Crippen MR) is 93.5 cm³/mol. The summed E-state index contributed by atoms with van der Waals surface area (Å²) >= 11 is 0. The van der Waals surface area contributed by atoms with E-state index in [1.807, 2.05) is 0 Å². The number of hydrogen-bond donors (Lipinski definition) is 0. The van der Waals surface area contributed by atoms with Gasteiger partial charge in [0, 0.05) is 0 Å². The van der Waals surface area contributed by atoms with E-state index >= 15 is 0 Å². The Kier molecular flexibility index (Phi) is 18.7. The van der Waals surface area contributed by atoms with Crippen LogP contribution in [0.25, 0.3) is 0 Å². The summed E-state index contributed by atoms with van der Waals surface area (Å²) in [6.07, 6.45) is 25.7. The maximum Gasteiger partial charge on any atom is 0.0850 e. The van der Waals surface area contributed by atoms with E-state index in [0.717, 1.165) is 12.8 Å². The Hall–Kier alpha value is -0.130. The van der Waals surface area contributed by atoms with E-state index in [-0.39, 0.29) is 0 Å². The summed E-state index contributed by atoms with van der Waals surface area (Å²) in [7, 11) is 0. The highest BCUT2D eigenvalue weighted by molar-refractivity contribution is 4.64. The molecule has 0 rings (SSSR count). The van der Waals surface area contributed by atoms with Crippen molar-refractivity contribution < 1.29 is 0 Å². The lowest BCUT2D eigenvalue weighted by Crippen LogP contribution is -1.84. The highest BCUT2D eigenvalue weighted by Crippen LogP contribution is 2.13. The quantitative estimate of drug-likeness (QED) is 0.191. The van der Waals surface area contributed by atoms with Crippen molar-refractivity contribution in [3.8, 4) is 0 Å². The third-order valence-corrected chi connectivity index (χ3v) is 4.07. The van der Waals surface area contributed by atoms with Gasteiger partial charge in [-0.1, -0.05) is 83.5 Å². The van der Waals surface area contributed by atoms with Crippen LogP contribution in [0.15, 0.2) is 0 Å². The lowest BCUT2D eigenvalue weighted by atomic mass is 10.0. The van der Waals surface area contributed by atoms with Gasteiger partial charge in [0.2, 0.25) is 0 Å². The zero-order valence-electron chi connectivity index (χ0n) is 14.0. The molecule has 0 saturated carbocycles. The van der Waals surface area contributed by atoms with Crippen LogP contribution in [0.2, 0.25) is 0 Å². The van der Waals surface area contributed by atoms with Crippen LogP contribution in [-0.4, -0.2) is 0 Å². The molecule has 0 heteroatoms. The Balaban J connectivity index is 2.89. The van der Waals surface area contributed by atoms with Gasteiger partial charge in [0.25, 0.3) is 0 Å². The van der Waals surface area contributed by atoms with E-state index in [4.69, 9.17) is 0 Å². The molecular formula is C20H39. The van der Waals surface area contributed by atoms with Crippen LogP contribution in [0.3, 0.4) is 0 Å². The van der Waals surface area contributed by atoms with Gasteiger partial charge in [-0.05, 0) is 19.3 Å². The van der Waals surface area contributed by atoms with Crippen LogP contribution in [0.1, 0.15) is 109 Å². The minimum Gasteiger partial charge on any atom is -0.343 e. The zero-order valence-corrected chi connectivity index (χ0v) is 14.0. The van der Waals surface area contributed by atoms with Crippen LogP contribution in [0.5, 0.6) is 0 Å². The zero-order chi connectivity index (χ0) is 14.7. The second kappa shape index (κ2) is 18.9. The summed E-state index contributed by atoms with van der Waals surface area (Å²) in [5.41, 5.74) is 0. The van der Waals surface area contributed by atoms with Gasteiger partial charge >= 0.3 is 0 Å². The monoisotopic (exact) mass is 279 g/mol. The average Bonchev–Trinajstić information content (AvgIpc) is 2.47. The summed E-state index contributed by atoms with van der Waals surface area (Å²) in [5.74, 6) is 0. The van der Waals surface area contributed by atoms with E-state index < -0.39 is 0 Å². The van der Waals surface area contributed by atoms with E-state index in [2.05, 4.69) is 20.3 Å². The van der Waals surface area contributed by atoms with E-state index in [1.54, 1.807) is 0 Å². The highest BCUT2D eigenvalue weighted by Gasteiger charge is 1.94. The van der Waals surface area contributed by atoms with E-state index in [1.165, 1.54) is 96.3 Å². The molecule has 0 heterocycles. The Morgan fingerprint density at radius 2 is 0.950 bits per heavy atom. The van der Waals surface area contributed by atoms with Crippen molar-refractivity contribution in [2.75, 3.05) is 0 Å². The first kappa shape index (κ1) is 19.9. The van der Waals surface area contributed by atoms with Gasteiger partial charge in [-0.15, -0.1) is 0 Å². The molecule has 1 radical (unpaired) electrons. The fourth-order valence-electron chi connectivity index (χ4n) is 2.67. The van der Waals surface area contributed by atoms with Crippen LogP contribution in [0, 0.1) is 20.3 Å². The number of rotatable bonds is 17. The Labute approximate surface area is 130 Å². The number of unbranched alkanes of at least 4 members (excludes halogenated alkanes) is 17. The summed E-state index contributed by atoms with van der Waals surface area (Å²) in [5, 5.41) is 0. The topological polar surface area (TPSA) is 0 Å². The summed E-state index contributed by atoms with van der Waals surface area (Å²) in [6.45, 7) is 7.77. The first-order valence-corrected chi connectivity index (χ1v) is 9.32. The normalized spacial score (nSPS) is 11.1. The van der Waals surface area contributed by atoms with Crippen molar-refractivity contribution in [1.29, 1.82) is 0 Å². The molecule has 20 heavy (non-hydrogen) atoms. The van der Waals surface area contributed by atoms with Crippen molar-refractivity contribution in [3.63, 3.8) is 0 Å². The molecule has 0 aromatic carbocycles. The largest absolute Gasteiger partial charge is 0.343 e. The van der Waals surface area contributed by atoms with Crippen molar-refractivity contribution >= 4 is 0 Å². The maximum absolute atomic E-state index is 3.89. The standard InChI is InChI=1S/C20H39/c1-3-5-7-9-11-13-15-17-19-20-18-16-14-12-10-8-6-4-2/h17H,1-16,18-20H2. The molecule has 0 unspecified atom stereocenters. The lowest BCUT2D eigenvalue weighted by molar-refractivity contribution is 0.561. The fraction of sp³-hybridized carbons (Fsp3) is 0.850. The summed E-state index contributed by atoms with van der Waals surface area (Å²) < 4.78 is 0. The van der Waals surface area contributed by atoms with Gasteiger partial charge in [0.05, 0.1) is 13.3 Å². The van der Waals surface area contributed by atoms with Gasteiger partial charge in [0.15, 0.2) is 0 Å². The number of hydrogen-bond acceptors (Lipinski definition) is 0.